The molecule has 84 valence electrons. The van der Waals surface area contributed by atoms with Crippen LogP contribution in [0.4, 0.5) is 0 Å². The minimum atomic E-state index is -1.55. The summed E-state index contributed by atoms with van der Waals surface area (Å²) in [6.45, 7) is 0. The van der Waals surface area contributed by atoms with Gasteiger partial charge in [-0.3, -0.25) is 0 Å². The molecule has 2 nitrogen and oxygen atoms in total. The first-order valence-electron chi connectivity index (χ1n) is 4.61. The van der Waals surface area contributed by atoms with Crippen LogP contribution in [0.15, 0.2) is 48.5 Å². The van der Waals surface area contributed by atoms with Crippen LogP contribution in [-0.4, -0.2) is 10.2 Å². The fourth-order valence-electron chi connectivity index (χ4n) is 1.23. The van der Waals surface area contributed by atoms with E-state index in [2.05, 4.69) is 12.7 Å². The summed E-state index contributed by atoms with van der Waals surface area (Å²) in [6, 6.07) is 14.5. The molecule has 0 atom stereocenters. The molecule has 0 aliphatic rings. The van der Waals surface area contributed by atoms with Crippen LogP contribution in [0.5, 0.6) is 11.5 Å². The number of phenolic OH excluding ortho intramolecular Hbond substituents is 2. The second-order valence-corrected chi connectivity index (χ2v) is 11.1. The monoisotopic (exact) mass is 392 g/mol. The summed E-state index contributed by atoms with van der Waals surface area (Å²) in [5.41, 5.74) is 0. The van der Waals surface area contributed by atoms with Crippen LogP contribution in [0.2, 0.25) is 0 Å². The molecule has 2 aromatic carbocycles. The Morgan fingerprint density at radius 1 is 0.688 bits per heavy atom. The van der Waals surface area contributed by atoms with E-state index in [0.717, 1.165) is 0 Å². The first kappa shape index (κ1) is 11.7. The van der Waals surface area contributed by atoms with E-state index in [9.17, 15) is 10.2 Å². The summed E-state index contributed by atoms with van der Waals surface area (Å²) < 4.78 is 2.43. The summed E-state index contributed by atoms with van der Waals surface area (Å²) in [6.07, 6.45) is 0. The van der Waals surface area contributed by atoms with Gasteiger partial charge in [0.2, 0.25) is 0 Å². The van der Waals surface area contributed by atoms with Crippen molar-refractivity contribution in [3.05, 3.63) is 55.7 Å². The van der Waals surface area contributed by atoms with E-state index >= 15 is 0 Å². The number of hydrogen-bond donors (Lipinski definition) is 2. The molecule has 16 heavy (non-hydrogen) atoms. The SMILES string of the molecule is Oc1ccc(I(Br)c2ccc(O)cc2)cc1. The molecule has 2 N–H and O–H groups in total. The number of benzene rings is 2. The van der Waals surface area contributed by atoms with Gasteiger partial charge in [-0.1, -0.05) is 0 Å². The Balaban J connectivity index is 2.28. The Bertz CT molecular complexity index is 422. The molecule has 0 saturated heterocycles. The van der Waals surface area contributed by atoms with Gasteiger partial charge >= 0.3 is 108 Å². The van der Waals surface area contributed by atoms with Crippen molar-refractivity contribution >= 4 is 30.3 Å². The summed E-state index contributed by atoms with van der Waals surface area (Å²) in [7, 11) is 0. The zero-order valence-corrected chi connectivity index (χ0v) is 12.0. The normalized spacial score (nSPS) is 11.2. The second kappa shape index (κ2) is 5.05. The van der Waals surface area contributed by atoms with Gasteiger partial charge in [0.05, 0.1) is 0 Å². The van der Waals surface area contributed by atoms with Crippen LogP contribution < -0.4 is 0 Å². The van der Waals surface area contributed by atoms with Crippen LogP contribution in [-0.2, 0) is 0 Å². The van der Waals surface area contributed by atoms with Crippen molar-refractivity contribution in [1.82, 2.24) is 0 Å². The van der Waals surface area contributed by atoms with Crippen molar-refractivity contribution < 1.29 is 10.2 Å². The van der Waals surface area contributed by atoms with Crippen LogP contribution in [0, 0.1) is 7.14 Å². The van der Waals surface area contributed by atoms with Crippen molar-refractivity contribution in [2.45, 2.75) is 0 Å². The average Bonchev–Trinajstić information content (AvgIpc) is 2.30. The van der Waals surface area contributed by atoms with Crippen LogP contribution in [0.3, 0.4) is 0 Å². The maximum absolute atomic E-state index is 9.21. The van der Waals surface area contributed by atoms with Crippen molar-refractivity contribution in [2.24, 2.45) is 0 Å². The van der Waals surface area contributed by atoms with E-state index in [1.54, 1.807) is 24.3 Å². The Morgan fingerprint density at radius 2 is 1.00 bits per heavy atom. The molecule has 0 heterocycles. The Kier molecular flexibility index (Phi) is 3.70. The number of halogens is 2. The number of aromatic hydroxyl groups is 2. The Morgan fingerprint density at radius 3 is 1.31 bits per heavy atom. The predicted octanol–water partition coefficient (Wildman–Crippen LogP) is 3.95. The number of hydrogen-bond acceptors (Lipinski definition) is 2. The molecule has 0 fully saturated rings. The summed E-state index contributed by atoms with van der Waals surface area (Å²) in [5, 5.41) is 18.4. The molecular weight excluding hydrogens is 383 g/mol. The van der Waals surface area contributed by atoms with Gasteiger partial charge in [0.1, 0.15) is 0 Å². The standard InChI is InChI=1S/C12H10BrIO2/c13-14(9-1-5-11(15)6-2-9)10-3-7-12(16)8-4-10/h1-8,15-16H. The summed E-state index contributed by atoms with van der Waals surface area (Å²) >= 11 is 2.18. The van der Waals surface area contributed by atoms with Crippen molar-refractivity contribution in [2.75, 3.05) is 0 Å². The van der Waals surface area contributed by atoms with Gasteiger partial charge in [0.25, 0.3) is 0 Å². The number of phenols is 2. The van der Waals surface area contributed by atoms with E-state index in [0.29, 0.717) is 0 Å². The molecule has 0 aliphatic heterocycles. The van der Waals surface area contributed by atoms with Gasteiger partial charge < -0.3 is 0 Å². The molecule has 2 rings (SSSR count). The third-order valence-corrected chi connectivity index (χ3v) is 10.3. The van der Waals surface area contributed by atoms with Gasteiger partial charge in [0.15, 0.2) is 0 Å². The summed E-state index contributed by atoms with van der Waals surface area (Å²) in [5.74, 6) is 0.567. The Labute approximate surface area is 107 Å². The molecule has 0 aromatic heterocycles. The molecule has 2 aromatic rings. The van der Waals surface area contributed by atoms with Gasteiger partial charge in [-0.2, -0.15) is 0 Å². The van der Waals surface area contributed by atoms with Crippen molar-refractivity contribution in [3.63, 3.8) is 0 Å². The quantitative estimate of drug-likeness (QED) is 0.759. The van der Waals surface area contributed by atoms with E-state index in [1.807, 2.05) is 24.3 Å². The first-order valence-corrected chi connectivity index (χ1v) is 11.6. The molecule has 0 unspecified atom stereocenters. The maximum atomic E-state index is 9.21. The molecule has 0 radical (unpaired) electrons. The summed E-state index contributed by atoms with van der Waals surface area (Å²) in [4.78, 5) is 0. The van der Waals surface area contributed by atoms with Gasteiger partial charge in [0, 0.05) is 0 Å². The van der Waals surface area contributed by atoms with Crippen molar-refractivity contribution in [3.8, 4) is 11.5 Å². The fraction of sp³-hybridized carbons (Fsp3) is 0. The van der Waals surface area contributed by atoms with E-state index in [4.69, 9.17) is 0 Å². The second-order valence-electron chi connectivity index (χ2n) is 3.19. The molecule has 0 aliphatic carbocycles. The predicted molar refractivity (Wildman–Crippen MR) is 76.6 cm³/mol. The van der Waals surface area contributed by atoms with E-state index in [-0.39, 0.29) is 11.5 Å². The zero-order valence-electron chi connectivity index (χ0n) is 8.27. The van der Waals surface area contributed by atoms with Gasteiger partial charge in [-0.05, 0) is 0 Å². The third kappa shape index (κ3) is 2.68. The van der Waals surface area contributed by atoms with Crippen LogP contribution in [0.1, 0.15) is 0 Å². The first-order chi connectivity index (χ1) is 7.66. The molecule has 4 heteroatoms. The molecular formula is C12H10BrIO2. The average molecular weight is 393 g/mol. The fourth-order valence-corrected chi connectivity index (χ4v) is 6.61. The topological polar surface area (TPSA) is 40.5 Å². The minimum absolute atomic E-state index is 0.284. The van der Waals surface area contributed by atoms with Crippen LogP contribution in [0.25, 0.3) is 0 Å². The van der Waals surface area contributed by atoms with Gasteiger partial charge in [-0.25, -0.2) is 0 Å². The molecule has 0 amide bonds. The van der Waals surface area contributed by atoms with Crippen LogP contribution >= 0.6 is 30.3 Å². The molecule has 0 saturated carbocycles. The molecule has 0 bridgehead atoms. The van der Waals surface area contributed by atoms with Gasteiger partial charge in [-0.15, -0.1) is 0 Å². The third-order valence-electron chi connectivity index (χ3n) is 2.04. The number of rotatable bonds is 2. The van der Waals surface area contributed by atoms with E-state index < -0.39 is 17.6 Å². The van der Waals surface area contributed by atoms with Crippen molar-refractivity contribution in [1.29, 1.82) is 0 Å². The Hall–Kier alpha value is -0.750. The zero-order chi connectivity index (χ0) is 11.5. The van der Waals surface area contributed by atoms with E-state index in [1.165, 1.54) is 7.14 Å². The molecule has 0 spiro atoms.